The molecule has 2 N–H and O–H groups in total. The highest BCUT2D eigenvalue weighted by atomic mass is 79.9. The second-order valence-corrected chi connectivity index (χ2v) is 8.48. The topological polar surface area (TPSA) is 92.4 Å². The second kappa shape index (κ2) is 10.3. The van der Waals surface area contributed by atoms with Gasteiger partial charge in [-0.2, -0.15) is 5.10 Å². The average molecular weight is 508 g/mol. The van der Waals surface area contributed by atoms with Crippen molar-refractivity contribution in [1.82, 2.24) is 20.2 Å². The van der Waals surface area contributed by atoms with Crippen LogP contribution in [-0.2, 0) is 4.79 Å². The summed E-state index contributed by atoms with van der Waals surface area (Å²) in [5.41, 5.74) is 4.79. The number of nitrogens with zero attached hydrogens (tertiary/aromatic N) is 4. The van der Waals surface area contributed by atoms with E-state index >= 15 is 0 Å². The highest BCUT2D eigenvalue weighted by Crippen LogP contribution is 2.28. The molecule has 0 bridgehead atoms. The molecule has 4 rings (SSSR count). The molecule has 32 heavy (non-hydrogen) atoms. The van der Waals surface area contributed by atoms with E-state index in [0.717, 1.165) is 15.7 Å². The number of rotatable bonds is 7. The van der Waals surface area contributed by atoms with Gasteiger partial charge in [0, 0.05) is 21.3 Å². The third-order valence-electron chi connectivity index (χ3n) is 4.41. The molecule has 1 heterocycles. The van der Waals surface area contributed by atoms with Gasteiger partial charge in [-0.05, 0) is 36.4 Å². The van der Waals surface area contributed by atoms with Crippen molar-refractivity contribution in [2.24, 2.45) is 5.10 Å². The Labute approximate surface area is 197 Å². The number of carbonyl (C=O) groups is 1. The van der Waals surface area contributed by atoms with Crippen LogP contribution in [0.4, 0.5) is 0 Å². The molecule has 1 aromatic heterocycles. The summed E-state index contributed by atoms with van der Waals surface area (Å²) in [6.45, 7) is 0. The van der Waals surface area contributed by atoms with Crippen molar-refractivity contribution in [2.45, 2.75) is 5.16 Å². The minimum atomic E-state index is -0.298. The zero-order valence-electron chi connectivity index (χ0n) is 16.7. The van der Waals surface area contributed by atoms with Crippen LogP contribution < -0.4 is 5.43 Å². The quantitative estimate of drug-likeness (QED) is 0.216. The monoisotopic (exact) mass is 507 g/mol. The molecule has 0 unspecified atom stereocenters. The summed E-state index contributed by atoms with van der Waals surface area (Å²) in [5, 5.41) is 22.9. The van der Waals surface area contributed by atoms with Crippen LogP contribution in [0.15, 0.2) is 93.6 Å². The minimum absolute atomic E-state index is 0.0934. The van der Waals surface area contributed by atoms with Gasteiger partial charge in [0.1, 0.15) is 5.75 Å². The van der Waals surface area contributed by atoms with Crippen LogP contribution in [-0.4, -0.2) is 37.7 Å². The largest absolute Gasteiger partial charge is 0.507 e. The Morgan fingerprint density at radius 1 is 1.03 bits per heavy atom. The first-order valence-corrected chi connectivity index (χ1v) is 11.4. The van der Waals surface area contributed by atoms with Crippen LogP contribution in [0.1, 0.15) is 5.56 Å². The van der Waals surface area contributed by atoms with E-state index in [-0.39, 0.29) is 17.4 Å². The molecule has 0 saturated heterocycles. The second-order valence-electron chi connectivity index (χ2n) is 6.62. The van der Waals surface area contributed by atoms with Gasteiger partial charge in [0.15, 0.2) is 11.0 Å². The van der Waals surface area contributed by atoms with E-state index < -0.39 is 0 Å². The first-order chi connectivity index (χ1) is 15.6. The summed E-state index contributed by atoms with van der Waals surface area (Å²) in [6, 6.07) is 24.3. The lowest BCUT2D eigenvalue weighted by atomic mass is 10.2. The Hall–Kier alpha value is -3.43. The zero-order chi connectivity index (χ0) is 22.3. The van der Waals surface area contributed by atoms with Crippen LogP contribution in [0.3, 0.4) is 0 Å². The summed E-state index contributed by atoms with van der Waals surface area (Å²) in [7, 11) is 0. The van der Waals surface area contributed by atoms with Crippen LogP contribution in [0.2, 0.25) is 0 Å². The number of amides is 1. The predicted octanol–water partition coefficient (Wildman–Crippen LogP) is 4.64. The lowest BCUT2D eigenvalue weighted by Gasteiger charge is -2.10. The van der Waals surface area contributed by atoms with E-state index in [4.69, 9.17) is 0 Å². The molecule has 0 radical (unpaired) electrons. The Morgan fingerprint density at radius 2 is 1.75 bits per heavy atom. The SMILES string of the molecule is O=C(CSc1nnc(-c2ccccc2)n1-c1ccc(Br)cc1)N/N=C\c1ccccc1O. The fraction of sp³-hybridized carbons (Fsp3) is 0.0435. The molecule has 4 aromatic rings. The standard InChI is InChI=1S/C23H18BrN5O2S/c24-18-10-12-19(13-11-18)29-22(16-6-2-1-3-7-16)27-28-23(29)32-15-21(31)26-25-14-17-8-4-5-9-20(17)30/h1-14,30H,15H2,(H,26,31)/b25-14-. The first-order valence-electron chi connectivity index (χ1n) is 9.61. The predicted molar refractivity (Wildman–Crippen MR) is 129 cm³/mol. The van der Waals surface area contributed by atoms with Crippen molar-refractivity contribution >= 4 is 39.8 Å². The Balaban J connectivity index is 1.51. The van der Waals surface area contributed by atoms with E-state index in [0.29, 0.717) is 16.5 Å². The van der Waals surface area contributed by atoms with Crippen LogP contribution >= 0.6 is 27.7 Å². The van der Waals surface area contributed by atoms with Gasteiger partial charge in [-0.15, -0.1) is 10.2 Å². The van der Waals surface area contributed by atoms with Crippen LogP contribution in [0.5, 0.6) is 5.75 Å². The van der Waals surface area contributed by atoms with Crippen molar-refractivity contribution < 1.29 is 9.90 Å². The van der Waals surface area contributed by atoms with Crippen molar-refractivity contribution in [3.63, 3.8) is 0 Å². The number of para-hydroxylation sites is 1. The number of halogens is 1. The van der Waals surface area contributed by atoms with Gasteiger partial charge in [-0.1, -0.05) is 70.2 Å². The maximum Gasteiger partial charge on any atom is 0.250 e. The van der Waals surface area contributed by atoms with Gasteiger partial charge in [-0.25, -0.2) is 5.43 Å². The number of aromatic hydroxyl groups is 1. The number of carbonyl (C=O) groups excluding carboxylic acids is 1. The fourth-order valence-electron chi connectivity index (χ4n) is 2.89. The number of nitrogens with one attached hydrogen (secondary N) is 1. The Kier molecular flexibility index (Phi) is 6.98. The van der Waals surface area contributed by atoms with Gasteiger partial charge in [0.25, 0.3) is 5.91 Å². The summed E-state index contributed by atoms with van der Waals surface area (Å²) >= 11 is 4.72. The normalized spacial score (nSPS) is 11.0. The molecule has 160 valence electrons. The molecule has 0 fully saturated rings. The van der Waals surface area contributed by atoms with Crippen LogP contribution in [0.25, 0.3) is 17.1 Å². The number of hydrazone groups is 1. The molecule has 1 amide bonds. The van der Waals surface area contributed by atoms with E-state index in [2.05, 4.69) is 36.7 Å². The minimum Gasteiger partial charge on any atom is -0.507 e. The average Bonchev–Trinajstić information content (AvgIpc) is 3.24. The highest BCUT2D eigenvalue weighted by Gasteiger charge is 2.17. The maximum absolute atomic E-state index is 12.3. The van der Waals surface area contributed by atoms with Gasteiger partial charge in [0.2, 0.25) is 0 Å². The van der Waals surface area contributed by atoms with E-state index in [9.17, 15) is 9.90 Å². The van der Waals surface area contributed by atoms with Crippen LogP contribution in [0, 0.1) is 0 Å². The molecule has 9 heteroatoms. The number of phenolic OH excluding ortho intramolecular Hbond substituents is 1. The number of hydrogen-bond acceptors (Lipinski definition) is 6. The Morgan fingerprint density at radius 3 is 2.50 bits per heavy atom. The molecule has 0 spiro atoms. The molecule has 0 atom stereocenters. The summed E-state index contributed by atoms with van der Waals surface area (Å²) < 4.78 is 2.89. The van der Waals surface area contributed by atoms with Crippen molar-refractivity contribution in [3.8, 4) is 22.8 Å². The summed E-state index contributed by atoms with van der Waals surface area (Å²) in [5.74, 6) is 0.583. The third kappa shape index (κ3) is 5.24. The molecule has 0 aliphatic rings. The molecule has 0 aliphatic heterocycles. The van der Waals surface area contributed by atoms with Crippen molar-refractivity contribution in [3.05, 3.63) is 88.9 Å². The molecule has 7 nitrogen and oxygen atoms in total. The molecular weight excluding hydrogens is 490 g/mol. The van der Waals surface area contributed by atoms with Gasteiger partial charge in [-0.3, -0.25) is 9.36 Å². The fourth-order valence-corrected chi connectivity index (χ4v) is 3.90. The van der Waals surface area contributed by atoms with E-state index in [1.807, 2.05) is 59.2 Å². The maximum atomic E-state index is 12.3. The van der Waals surface area contributed by atoms with E-state index in [1.54, 1.807) is 24.3 Å². The molecular formula is C23H18BrN5O2S. The van der Waals surface area contributed by atoms with E-state index in [1.165, 1.54) is 18.0 Å². The molecule has 3 aromatic carbocycles. The number of hydrogen-bond donors (Lipinski definition) is 2. The number of aromatic nitrogens is 3. The van der Waals surface area contributed by atoms with Gasteiger partial charge in [0.05, 0.1) is 12.0 Å². The highest BCUT2D eigenvalue weighted by molar-refractivity contribution is 9.10. The summed E-state index contributed by atoms with van der Waals surface area (Å²) in [6.07, 6.45) is 1.40. The first kappa shape index (κ1) is 21.8. The smallest absolute Gasteiger partial charge is 0.250 e. The number of benzene rings is 3. The molecule has 0 saturated carbocycles. The Bertz CT molecular complexity index is 1240. The molecule has 0 aliphatic carbocycles. The lowest BCUT2D eigenvalue weighted by Crippen LogP contribution is -2.20. The van der Waals surface area contributed by atoms with Gasteiger partial charge >= 0.3 is 0 Å². The third-order valence-corrected chi connectivity index (χ3v) is 5.87. The van der Waals surface area contributed by atoms with Crippen molar-refractivity contribution in [2.75, 3.05) is 5.75 Å². The number of phenols is 1. The van der Waals surface area contributed by atoms with Crippen molar-refractivity contribution in [1.29, 1.82) is 0 Å². The number of thioether (sulfide) groups is 1. The zero-order valence-corrected chi connectivity index (χ0v) is 19.1. The summed E-state index contributed by atoms with van der Waals surface area (Å²) in [4.78, 5) is 12.3. The lowest BCUT2D eigenvalue weighted by molar-refractivity contribution is -0.118. The van der Waals surface area contributed by atoms with Gasteiger partial charge < -0.3 is 5.11 Å².